The van der Waals surface area contributed by atoms with Crippen molar-refractivity contribution in [1.29, 1.82) is 0 Å². The fraction of sp³-hybridized carbons (Fsp3) is 0.583. The van der Waals surface area contributed by atoms with Crippen LogP contribution >= 0.6 is 0 Å². The van der Waals surface area contributed by atoms with Crippen molar-refractivity contribution in [3.8, 4) is 0 Å². The van der Waals surface area contributed by atoms with Crippen molar-refractivity contribution in [3.05, 3.63) is 23.8 Å². The van der Waals surface area contributed by atoms with Crippen LogP contribution in [-0.4, -0.2) is 5.78 Å². The predicted octanol–water partition coefficient (Wildman–Crippen LogP) is 3.12. The van der Waals surface area contributed by atoms with Gasteiger partial charge in [0.2, 0.25) is 0 Å². The number of hydrogen-bond donors (Lipinski definition) is 0. The third-order valence-corrected chi connectivity index (χ3v) is 3.18. The van der Waals surface area contributed by atoms with Crippen LogP contribution in [0.25, 0.3) is 0 Å². The highest BCUT2D eigenvalue weighted by molar-refractivity contribution is 5.87. The normalized spacial score (nSPS) is 26.5. The van der Waals surface area contributed by atoms with E-state index in [0.29, 0.717) is 5.92 Å². The lowest BCUT2D eigenvalue weighted by Gasteiger charge is -2.27. The summed E-state index contributed by atoms with van der Waals surface area (Å²) < 4.78 is 0. The van der Waals surface area contributed by atoms with E-state index in [1.807, 2.05) is 0 Å². The lowest BCUT2D eigenvalue weighted by molar-refractivity contribution is -0.112. The maximum absolute atomic E-state index is 10.8. The second-order valence-electron chi connectivity index (χ2n) is 4.42. The monoisotopic (exact) mass is 178 g/mol. The average Bonchev–Trinajstić information content (AvgIpc) is 2.25. The standard InChI is InChI=1S/C12H18O/c1-9-5-7-11(12(9,3)4)8-6-10(2)13/h5-6,8,11H,7H2,1-4H3/t11-/m0/s1. The Hall–Kier alpha value is -0.850. The molecule has 1 rings (SSSR count). The Bertz CT molecular complexity index is 269. The fourth-order valence-corrected chi connectivity index (χ4v) is 1.72. The van der Waals surface area contributed by atoms with Crippen LogP contribution in [0.2, 0.25) is 0 Å². The molecule has 1 atom stereocenters. The van der Waals surface area contributed by atoms with Gasteiger partial charge in [0.1, 0.15) is 0 Å². The van der Waals surface area contributed by atoms with E-state index in [2.05, 4.69) is 32.9 Å². The first-order valence-electron chi connectivity index (χ1n) is 4.80. The maximum Gasteiger partial charge on any atom is 0.152 e. The fourth-order valence-electron chi connectivity index (χ4n) is 1.72. The van der Waals surface area contributed by atoms with Gasteiger partial charge in [0.25, 0.3) is 0 Å². The quantitative estimate of drug-likeness (QED) is 0.469. The van der Waals surface area contributed by atoms with Crippen LogP contribution in [0.1, 0.15) is 34.1 Å². The molecule has 72 valence electrons. The SMILES string of the molecule is CC(=O)C=C[C@@H]1CC=C(C)C1(C)C. The predicted molar refractivity (Wildman–Crippen MR) is 55.5 cm³/mol. The molecule has 0 aliphatic heterocycles. The summed E-state index contributed by atoms with van der Waals surface area (Å²) in [5.41, 5.74) is 1.66. The molecule has 1 heteroatoms. The molecule has 0 N–H and O–H groups in total. The van der Waals surface area contributed by atoms with Crippen LogP contribution in [0, 0.1) is 11.3 Å². The summed E-state index contributed by atoms with van der Waals surface area (Å²) in [6, 6.07) is 0. The molecule has 0 bridgehead atoms. The van der Waals surface area contributed by atoms with Gasteiger partial charge in [-0.1, -0.05) is 31.6 Å². The molecule has 0 aromatic carbocycles. The number of rotatable bonds is 2. The Morgan fingerprint density at radius 3 is 2.62 bits per heavy atom. The second-order valence-corrected chi connectivity index (χ2v) is 4.42. The molecule has 0 fully saturated rings. The summed E-state index contributed by atoms with van der Waals surface area (Å²) in [5.74, 6) is 0.636. The Labute approximate surface area is 80.5 Å². The van der Waals surface area contributed by atoms with Gasteiger partial charge < -0.3 is 0 Å². The number of ketones is 1. The van der Waals surface area contributed by atoms with E-state index in [0.717, 1.165) is 6.42 Å². The zero-order chi connectivity index (χ0) is 10.1. The van der Waals surface area contributed by atoms with Crippen LogP contribution in [0.5, 0.6) is 0 Å². The third kappa shape index (κ3) is 2.09. The first-order valence-corrected chi connectivity index (χ1v) is 4.80. The minimum Gasteiger partial charge on any atom is -0.295 e. The molecule has 0 aromatic rings. The number of carbonyl (C=O) groups is 1. The minimum atomic E-state index is 0.139. The molecule has 0 saturated heterocycles. The molecule has 0 heterocycles. The molecule has 1 nitrogen and oxygen atoms in total. The molecule has 0 saturated carbocycles. The first kappa shape index (κ1) is 10.2. The third-order valence-electron chi connectivity index (χ3n) is 3.18. The topological polar surface area (TPSA) is 17.1 Å². The van der Waals surface area contributed by atoms with Gasteiger partial charge in [0.15, 0.2) is 5.78 Å². The molecule has 0 radical (unpaired) electrons. The van der Waals surface area contributed by atoms with Crippen molar-refractivity contribution in [2.75, 3.05) is 0 Å². The minimum absolute atomic E-state index is 0.139. The van der Waals surface area contributed by atoms with Crippen LogP contribution < -0.4 is 0 Å². The summed E-state index contributed by atoms with van der Waals surface area (Å²) in [5, 5.41) is 0. The molecule has 0 unspecified atom stereocenters. The number of allylic oxidation sites excluding steroid dienone is 4. The van der Waals surface area contributed by atoms with Crippen molar-refractivity contribution in [2.24, 2.45) is 11.3 Å². The Morgan fingerprint density at radius 1 is 1.62 bits per heavy atom. The molecule has 0 amide bonds. The number of carbonyl (C=O) groups excluding carboxylic acids is 1. The largest absolute Gasteiger partial charge is 0.295 e. The summed E-state index contributed by atoms with van der Waals surface area (Å²) in [4.78, 5) is 10.8. The van der Waals surface area contributed by atoms with Gasteiger partial charge in [-0.3, -0.25) is 4.79 Å². The van der Waals surface area contributed by atoms with Crippen molar-refractivity contribution < 1.29 is 4.79 Å². The number of hydrogen-bond acceptors (Lipinski definition) is 1. The molecule has 1 aliphatic carbocycles. The molecular formula is C12H18O. The molecule has 0 aromatic heterocycles. The van der Waals surface area contributed by atoms with E-state index in [1.54, 1.807) is 13.0 Å². The highest BCUT2D eigenvalue weighted by Gasteiger charge is 2.32. The van der Waals surface area contributed by atoms with Crippen molar-refractivity contribution in [2.45, 2.75) is 34.1 Å². The van der Waals surface area contributed by atoms with Gasteiger partial charge in [-0.2, -0.15) is 0 Å². The van der Waals surface area contributed by atoms with Gasteiger partial charge in [0, 0.05) is 0 Å². The van der Waals surface area contributed by atoms with Crippen molar-refractivity contribution in [1.82, 2.24) is 0 Å². The molecule has 1 aliphatic rings. The van der Waals surface area contributed by atoms with Gasteiger partial charge >= 0.3 is 0 Å². The highest BCUT2D eigenvalue weighted by atomic mass is 16.1. The summed E-state index contributed by atoms with van der Waals surface area (Å²) in [6.07, 6.45) is 7.09. The average molecular weight is 178 g/mol. The second kappa shape index (κ2) is 3.49. The zero-order valence-corrected chi connectivity index (χ0v) is 8.92. The van der Waals surface area contributed by atoms with Crippen molar-refractivity contribution >= 4 is 5.78 Å². The van der Waals surface area contributed by atoms with Crippen LogP contribution in [0.3, 0.4) is 0 Å². The zero-order valence-electron chi connectivity index (χ0n) is 8.92. The first-order chi connectivity index (χ1) is 5.94. The lowest BCUT2D eigenvalue weighted by Crippen LogP contribution is -2.18. The van der Waals surface area contributed by atoms with Crippen LogP contribution in [0.4, 0.5) is 0 Å². The van der Waals surface area contributed by atoms with E-state index in [9.17, 15) is 4.79 Å². The van der Waals surface area contributed by atoms with E-state index in [-0.39, 0.29) is 11.2 Å². The Morgan fingerprint density at radius 2 is 2.23 bits per heavy atom. The maximum atomic E-state index is 10.8. The Balaban J connectivity index is 2.72. The van der Waals surface area contributed by atoms with E-state index >= 15 is 0 Å². The van der Waals surface area contributed by atoms with Gasteiger partial charge in [-0.25, -0.2) is 0 Å². The van der Waals surface area contributed by atoms with Crippen molar-refractivity contribution in [3.63, 3.8) is 0 Å². The smallest absolute Gasteiger partial charge is 0.152 e. The highest BCUT2D eigenvalue weighted by Crippen LogP contribution is 2.43. The van der Waals surface area contributed by atoms with Gasteiger partial charge in [-0.05, 0) is 37.7 Å². The van der Waals surface area contributed by atoms with E-state index < -0.39 is 0 Å². The van der Waals surface area contributed by atoms with Gasteiger partial charge in [0.05, 0.1) is 0 Å². The molecule has 0 spiro atoms. The lowest BCUT2D eigenvalue weighted by atomic mass is 9.77. The summed E-state index contributed by atoms with van der Waals surface area (Å²) in [6.45, 7) is 8.24. The van der Waals surface area contributed by atoms with E-state index in [1.165, 1.54) is 5.57 Å². The summed E-state index contributed by atoms with van der Waals surface area (Å²) in [7, 11) is 0. The molecular weight excluding hydrogens is 160 g/mol. The Kier molecular flexibility index (Phi) is 2.74. The van der Waals surface area contributed by atoms with Crippen LogP contribution in [0.15, 0.2) is 23.8 Å². The van der Waals surface area contributed by atoms with E-state index in [4.69, 9.17) is 0 Å². The van der Waals surface area contributed by atoms with Crippen LogP contribution in [-0.2, 0) is 4.79 Å². The van der Waals surface area contributed by atoms with Gasteiger partial charge in [-0.15, -0.1) is 0 Å². The summed E-state index contributed by atoms with van der Waals surface area (Å²) >= 11 is 0. The molecule has 13 heavy (non-hydrogen) atoms.